The van der Waals surface area contributed by atoms with E-state index in [0.29, 0.717) is 11.8 Å². The SMILES string of the molecule is CCCC(C(N)C(=O)[C@@H](N)CC(=O)O)S(=O)(=O)c1cccc2ccccc12. The number of ketones is 1. The first kappa shape index (κ1) is 21.0. The van der Waals surface area contributed by atoms with Gasteiger partial charge in [-0.25, -0.2) is 8.42 Å². The number of carboxylic acids is 1. The van der Waals surface area contributed by atoms with Crippen LogP contribution in [0.15, 0.2) is 47.4 Å². The molecule has 0 bridgehead atoms. The van der Waals surface area contributed by atoms with Gasteiger partial charge in [0.2, 0.25) is 0 Å². The fourth-order valence-electron chi connectivity index (χ4n) is 3.14. The smallest absolute Gasteiger partial charge is 0.305 e. The Kier molecular flexibility index (Phi) is 6.69. The van der Waals surface area contributed by atoms with Gasteiger partial charge >= 0.3 is 5.97 Å². The zero-order chi connectivity index (χ0) is 20.2. The van der Waals surface area contributed by atoms with Crippen LogP contribution < -0.4 is 11.5 Å². The minimum Gasteiger partial charge on any atom is -0.481 e. The van der Waals surface area contributed by atoms with E-state index in [4.69, 9.17) is 16.6 Å². The molecule has 0 aliphatic rings. The van der Waals surface area contributed by atoms with Crippen molar-refractivity contribution < 1.29 is 23.1 Å². The number of hydrogen-bond acceptors (Lipinski definition) is 6. The van der Waals surface area contributed by atoms with Crippen molar-refractivity contribution >= 4 is 32.4 Å². The van der Waals surface area contributed by atoms with Crippen molar-refractivity contribution in [3.63, 3.8) is 0 Å². The van der Waals surface area contributed by atoms with Crippen molar-refractivity contribution in [2.24, 2.45) is 11.5 Å². The Morgan fingerprint density at radius 3 is 2.33 bits per heavy atom. The van der Waals surface area contributed by atoms with Gasteiger partial charge in [-0.3, -0.25) is 9.59 Å². The first-order chi connectivity index (χ1) is 12.7. The summed E-state index contributed by atoms with van der Waals surface area (Å²) < 4.78 is 26.7. The van der Waals surface area contributed by atoms with Gasteiger partial charge in [0.1, 0.15) is 0 Å². The molecule has 0 fully saturated rings. The average molecular weight is 392 g/mol. The molecule has 27 heavy (non-hydrogen) atoms. The molecule has 2 unspecified atom stereocenters. The van der Waals surface area contributed by atoms with Gasteiger partial charge in [0.15, 0.2) is 15.6 Å². The molecule has 7 nitrogen and oxygen atoms in total. The van der Waals surface area contributed by atoms with Crippen molar-refractivity contribution in [3.8, 4) is 0 Å². The number of rotatable bonds is 9. The third-order valence-electron chi connectivity index (χ3n) is 4.52. The fraction of sp³-hybridized carbons (Fsp3) is 0.368. The summed E-state index contributed by atoms with van der Waals surface area (Å²) >= 11 is 0. The molecule has 146 valence electrons. The number of Topliss-reactive ketones (excluding diaryl/α,β-unsaturated/α-hetero) is 1. The van der Waals surface area contributed by atoms with Crippen LogP contribution in [0.2, 0.25) is 0 Å². The van der Waals surface area contributed by atoms with Crippen LogP contribution in [-0.2, 0) is 19.4 Å². The summed E-state index contributed by atoms with van der Waals surface area (Å²) in [7, 11) is -3.94. The predicted molar refractivity (Wildman–Crippen MR) is 103 cm³/mol. The molecule has 0 heterocycles. The number of carboxylic acid groups (broad SMARTS) is 1. The Morgan fingerprint density at radius 1 is 1.07 bits per heavy atom. The molecule has 0 aliphatic carbocycles. The van der Waals surface area contributed by atoms with Gasteiger partial charge in [0, 0.05) is 5.39 Å². The van der Waals surface area contributed by atoms with E-state index < -0.39 is 45.3 Å². The summed E-state index contributed by atoms with van der Waals surface area (Å²) in [6, 6.07) is 9.24. The lowest BCUT2D eigenvalue weighted by atomic mass is 9.99. The topological polar surface area (TPSA) is 141 Å². The van der Waals surface area contributed by atoms with E-state index in [1.54, 1.807) is 37.3 Å². The van der Waals surface area contributed by atoms with Crippen LogP contribution in [-0.4, -0.2) is 42.6 Å². The average Bonchev–Trinajstić information content (AvgIpc) is 2.63. The molecule has 5 N–H and O–H groups in total. The molecule has 0 aliphatic heterocycles. The number of hydrogen-bond donors (Lipinski definition) is 3. The Labute approximate surface area is 158 Å². The Bertz CT molecular complexity index is 937. The summed E-state index contributed by atoms with van der Waals surface area (Å²) in [5, 5.41) is 8.95. The van der Waals surface area contributed by atoms with Crippen molar-refractivity contribution in [1.82, 2.24) is 0 Å². The van der Waals surface area contributed by atoms with E-state index in [0.717, 1.165) is 5.39 Å². The Balaban J connectivity index is 2.47. The van der Waals surface area contributed by atoms with Crippen LogP contribution in [0.1, 0.15) is 26.2 Å². The molecule has 0 radical (unpaired) electrons. The highest BCUT2D eigenvalue weighted by atomic mass is 32.2. The molecular formula is C19H24N2O5S. The number of carbonyl (C=O) groups is 2. The zero-order valence-electron chi connectivity index (χ0n) is 15.0. The number of nitrogens with two attached hydrogens (primary N) is 2. The third-order valence-corrected chi connectivity index (χ3v) is 6.81. The lowest BCUT2D eigenvalue weighted by molar-refractivity contribution is -0.139. The van der Waals surface area contributed by atoms with Crippen LogP contribution in [0.25, 0.3) is 10.8 Å². The number of benzene rings is 2. The standard InChI is InChI=1S/C19H24N2O5S/c1-2-6-16(18(21)19(24)14(20)11-17(22)23)27(25,26)15-10-5-8-12-7-3-4-9-13(12)15/h3-5,7-10,14,16,18H,2,6,11,20-21H2,1H3,(H,22,23)/t14-,16?,18?/m0/s1. The van der Waals surface area contributed by atoms with Crippen molar-refractivity contribution in [3.05, 3.63) is 42.5 Å². The first-order valence-electron chi connectivity index (χ1n) is 8.68. The lowest BCUT2D eigenvalue weighted by Gasteiger charge is -2.25. The van der Waals surface area contributed by atoms with Crippen molar-refractivity contribution in [2.75, 3.05) is 0 Å². The number of fused-ring (bicyclic) bond motifs is 1. The second-order valence-electron chi connectivity index (χ2n) is 6.48. The van der Waals surface area contributed by atoms with Crippen LogP contribution in [0.3, 0.4) is 0 Å². The molecule has 3 atom stereocenters. The normalized spacial score (nSPS) is 15.2. The van der Waals surface area contributed by atoms with Gasteiger partial charge in [0.05, 0.1) is 28.6 Å². The summed E-state index contributed by atoms with van der Waals surface area (Å²) in [5.74, 6) is -2.01. The molecular weight excluding hydrogens is 368 g/mol. The second kappa shape index (κ2) is 8.60. The van der Waals surface area contributed by atoms with Gasteiger partial charge < -0.3 is 16.6 Å². The summed E-state index contributed by atoms with van der Waals surface area (Å²) in [5.41, 5.74) is 11.6. The van der Waals surface area contributed by atoms with Crippen molar-refractivity contribution in [2.45, 2.75) is 48.4 Å². The van der Waals surface area contributed by atoms with E-state index in [2.05, 4.69) is 0 Å². The molecule has 2 rings (SSSR count). The quantitative estimate of drug-likeness (QED) is 0.587. The Hall–Kier alpha value is -2.29. The van der Waals surface area contributed by atoms with Gasteiger partial charge in [-0.2, -0.15) is 0 Å². The van der Waals surface area contributed by atoms with Gasteiger partial charge in [0.25, 0.3) is 0 Å². The minimum absolute atomic E-state index is 0.106. The molecule has 0 amide bonds. The first-order valence-corrected chi connectivity index (χ1v) is 10.2. The third kappa shape index (κ3) is 4.52. The summed E-state index contributed by atoms with van der Waals surface area (Å²) in [6.07, 6.45) is 0.0573. The minimum atomic E-state index is -3.94. The fourth-order valence-corrected chi connectivity index (χ4v) is 5.29. The summed E-state index contributed by atoms with van der Waals surface area (Å²) in [6.45, 7) is 1.79. The maximum Gasteiger partial charge on any atom is 0.305 e. The van der Waals surface area contributed by atoms with E-state index in [1.165, 1.54) is 6.07 Å². The van der Waals surface area contributed by atoms with E-state index in [1.807, 2.05) is 6.07 Å². The highest BCUT2D eigenvalue weighted by Crippen LogP contribution is 2.29. The van der Waals surface area contributed by atoms with E-state index in [-0.39, 0.29) is 11.3 Å². The largest absolute Gasteiger partial charge is 0.481 e. The van der Waals surface area contributed by atoms with E-state index >= 15 is 0 Å². The Morgan fingerprint density at radius 2 is 1.70 bits per heavy atom. The van der Waals surface area contributed by atoms with Crippen LogP contribution in [0.4, 0.5) is 0 Å². The summed E-state index contributed by atoms with van der Waals surface area (Å²) in [4.78, 5) is 23.4. The van der Waals surface area contributed by atoms with Crippen molar-refractivity contribution in [1.29, 1.82) is 0 Å². The predicted octanol–water partition coefficient (Wildman–Crippen LogP) is 1.48. The maximum atomic E-state index is 13.3. The molecule has 8 heteroatoms. The molecule has 2 aromatic rings. The zero-order valence-corrected chi connectivity index (χ0v) is 15.9. The number of sulfone groups is 1. The second-order valence-corrected chi connectivity index (χ2v) is 8.62. The van der Waals surface area contributed by atoms with E-state index in [9.17, 15) is 18.0 Å². The molecule has 2 aromatic carbocycles. The van der Waals surface area contributed by atoms with Crippen LogP contribution in [0.5, 0.6) is 0 Å². The van der Waals surface area contributed by atoms with Gasteiger partial charge in [-0.1, -0.05) is 49.7 Å². The number of aliphatic carboxylic acids is 1. The molecule has 0 spiro atoms. The highest BCUT2D eigenvalue weighted by Gasteiger charge is 2.38. The van der Waals surface area contributed by atoms with Crippen LogP contribution in [0, 0.1) is 0 Å². The molecule has 0 saturated carbocycles. The lowest BCUT2D eigenvalue weighted by Crippen LogP contribution is -2.52. The highest BCUT2D eigenvalue weighted by molar-refractivity contribution is 7.92. The molecule has 0 aromatic heterocycles. The van der Waals surface area contributed by atoms with Gasteiger partial charge in [-0.05, 0) is 17.9 Å². The molecule has 0 saturated heterocycles. The van der Waals surface area contributed by atoms with Crippen LogP contribution >= 0.6 is 0 Å². The monoisotopic (exact) mass is 392 g/mol. The maximum absolute atomic E-state index is 13.3. The number of carbonyl (C=O) groups excluding carboxylic acids is 1. The van der Waals surface area contributed by atoms with Gasteiger partial charge in [-0.15, -0.1) is 0 Å².